The van der Waals surface area contributed by atoms with Crippen molar-refractivity contribution in [2.75, 3.05) is 17.7 Å². The zero-order chi connectivity index (χ0) is 15.4. The van der Waals surface area contributed by atoms with Crippen LogP contribution < -0.4 is 15.8 Å². The number of hydrogen-bond acceptors (Lipinski definition) is 3. The first kappa shape index (κ1) is 15.9. The third-order valence-electron chi connectivity index (χ3n) is 2.54. The van der Waals surface area contributed by atoms with Gasteiger partial charge in [0, 0.05) is 10.0 Å². The third kappa shape index (κ3) is 4.52. The van der Waals surface area contributed by atoms with Gasteiger partial charge in [0.1, 0.15) is 5.75 Å². The SMILES string of the molecule is Nc1ccc(Cl)cc1NC(=O)COc1ccc(Cl)cc1Br. The second-order valence-electron chi connectivity index (χ2n) is 4.14. The Balaban J connectivity index is 1.97. The average Bonchev–Trinajstić information content (AvgIpc) is 2.42. The lowest BCUT2D eigenvalue weighted by molar-refractivity contribution is -0.118. The number of benzene rings is 2. The Labute approximate surface area is 140 Å². The summed E-state index contributed by atoms with van der Waals surface area (Å²) in [4.78, 5) is 11.9. The number of hydrogen-bond donors (Lipinski definition) is 2. The van der Waals surface area contributed by atoms with Crippen molar-refractivity contribution in [2.24, 2.45) is 0 Å². The normalized spacial score (nSPS) is 10.2. The molecule has 2 rings (SSSR count). The summed E-state index contributed by atoms with van der Waals surface area (Å²) >= 11 is 15.0. The molecule has 0 atom stereocenters. The van der Waals surface area contributed by atoms with Crippen LogP contribution in [0.3, 0.4) is 0 Å². The summed E-state index contributed by atoms with van der Waals surface area (Å²) < 4.78 is 6.08. The van der Waals surface area contributed by atoms with Crippen LogP contribution in [0.4, 0.5) is 11.4 Å². The predicted octanol–water partition coefficient (Wildman–Crippen LogP) is 4.36. The topological polar surface area (TPSA) is 64.3 Å². The summed E-state index contributed by atoms with van der Waals surface area (Å²) in [5.74, 6) is 0.180. The molecule has 0 unspecified atom stereocenters. The fourth-order valence-electron chi connectivity index (χ4n) is 1.56. The van der Waals surface area contributed by atoms with E-state index in [-0.39, 0.29) is 12.5 Å². The molecule has 0 spiro atoms. The van der Waals surface area contributed by atoms with E-state index in [9.17, 15) is 4.79 Å². The molecule has 0 bridgehead atoms. The smallest absolute Gasteiger partial charge is 0.262 e. The Morgan fingerprint density at radius 2 is 1.86 bits per heavy atom. The molecule has 0 aliphatic heterocycles. The average molecular weight is 390 g/mol. The van der Waals surface area contributed by atoms with Crippen molar-refractivity contribution in [1.29, 1.82) is 0 Å². The molecule has 0 aromatic heterocycles. The van der Waals surface area contributed by atoms with Gasteiger partial charge in [-0.1, -0.05) is 23.2 Å². The number of amides is 1. The Kier molecular flexibility index (Phi) is 5.33. The van der Waals surface area contributed by atoms with Crippen molar-refractivity contribution in [3.05, 3.63) is 50.9 Å². The number of carbonyl (C=O) groups is 1. The molecule has 0 heterocycles. The van der Waals surface area contributed by atoms with Crippen LogP contribution in [0, 0.1) is 0 Å². The molecule has 110 valence electrons. The highest BCUT2D eigenvalue weighted by Gasteiger charge is 2.08. The molecule has 2 aromatic carbocycles. The van der Waals surface area contributed by atoms with Crippen molar-refractivity contribution in [2.45, 2.75) is 0 Å². The number of rotatable bonds is 4. The number of carbonyl (C=O) groups excluding carboxylic acids is 1. The Bertz CT molecular complexity index is 680. The molecule has 0 aliphatic rings. The second-order valence-corrected chi connectivity index (χ2v) is 5.87. The minimum Gasteiger partial charge on any atom is -0.483 e. The van der Waals surface area contributed by atoms with Crippen LogP contribution in [-0.4, -0.2) is 12.5 Å². The Morgan fingerprint density at radius 3 is 2.57 bits per heavy atom. The van der Waals surface area contributed by atoms with E-state index in [0.29, 0.717) is 31.6 Å². The Morgan fingerprint density at radius 1 is 1.19 bits per heavy atom. The summed E-state index contributed by atoms with van der Waals surface area (Å²) in [6.45, 7) is -0.161. The van der Waals surface area contributed by atoms with Crippen molar-refractivity contribution in [1.82, 2.24) is 0 Å². The zero-order valence-electron chi connectivity index (χ0n) is 10.7. The first-order valence-electron chi connectivity index (χ1n) is 5.88. The van der Waals surface area contributed by atoms with E-state index in [1.54, 1.807) is 36.4 Å². The Hall–Kier alpha value is -1.43. The highest BCUT2D eigenvalue weighted by molar-refractivity contribution is 9.10. The number of anilines is 2. The van der Waals surface area contributed by atoms with E-state index >= 15 is 0 Å². The van der Waals surface area contributed by atoms with Gasteiger partial charge in [-0.2, -0.15) is 0 Å². The highest BCUT2D eigenvalue weighted by Crippen LogP contribution is 2.28. The van der Waals surface area contributed by atoms with Crippen LogP contribution in [0.1, 0.15) is 0 Å². The lowest BCUT2D eigenvalue weighted by Crippen LogP contribution is -2.20. The van der Waals surface area contributed by atoms with E-state index in [2.05, 4.69) is 21.2 Å². The molecule has 1 amide bonds. The van der Waals surface area contributed by atoms with Crippen molar-refractivity contribution < 1.29 is 9.53 Å². The number of nitrogen functional groups attached to an aromatic ring is 1. The maximum atomic E-state index is 11.9. The number of halogens is 3. The summed E-state index contributed by atoms with van der Waals surface area (Å²) in [5, 5.41) is 3.70. The predicted molar refractivity (Wildman–Crippen MR) is 89.1 cm³/mol. The molecule has 21 heavy (non-hydrogen) atoms. The van der Waals surface area contributed by atoms with Gasteiger partial charge < -0.3 is 15.8 Å². The first-order valence-corrected chi connectivity index (χ1v) is 7.43. The van der Waals surface area contributed by atoms with Gasteiger partial charge in [0.15, 0.2) is 6.61 Å². The molecule has 0 fully saturated rings. The molecule has 3 N–H and O–H groups in total. The molecule has 0 aliphatic carbocycles. The van der Waals surface area contributed by atoms with Gasteiger partial charge >= 0.3 is 0 Å². The van der Waals surface area contributed by atoms with E-state index < -0.39 is 0 Å². The van der Waals surface area contributed by atoms with E-state index in [0.717, 1.165) is 0 Å². The van der Waals surface area contributed by atoms with Gasteiger partial charge in [0.2, 0.25) is 0 Å². The molecule has 0 radical (unpaired) electrons. The third-order valence-corrected chi connectivity index (χ3v) is 3.63. The maximum Gasteiger partial charge on any atom is 0.262 e. The highest BCUT2D eigenvalue weighted by atomic mass is 79.9. The van der Waals surface area contributed by atoms with Gasteiger partial charge in [-0.15, -0.1) is 0 Å². The van der Waals surface area contributed by atoms with E-state index in [4.69, 9.17) is 33.7 Å². The van der Waals surface area contributed by atoms with Crippen LogP contribution >= 0.6 is 39.1 Å². The van der Waals surface area contributed by atoms with Crippen molar-refractivity contribution in [3.63, 3.8) is 0 Å². The van der Waals surface area contributed by atoms with Gasteiger partial charge in [0.25, 0.3) is 5.91 Å². The standard InChI is InChI=1S/C14H11BrCl2N2O2/c15-10-5-8(16)2-4-13(10)21-7-14(20)19-12-6-9(17)1-3-11(12)18/h1-6H,7,18H2,(H,19,20). The number of nitrogens with two attached hydrogens (primary N) is 1. The van der Waals surface area contributed by atoms with Gasteiger partial charge in [-0.05, 0) is 52.3 Å². The summed E-state index contributed by atoms with van der Waals surface area (Å²) in [5.41, 5.74) is 6.63. The fraction of sp³-hybridized carbons (Fsp3) is 0.0714. The zero-order valence-corrected chi connectivity index (χ0v) is 13.8. The summed E-state index contributed by atoms with van der Waals surface area (Å²) in [7, 11) is 0. The van der Waals surface area contributed by atoms with Gasteiger partial charge in [-0.3, -0.25) is 4.79 Å². The minimum atomic E-state index is -0.342. The monoisotopic (exact) mass is 388 g/mol. The summed E-state index contributed by atoms with van der Waals surface area (Å²) in [6, 6.07) is 9.88. The minimum absolute atomic E-state index is 0.161. The number of ether oxygens (including phenoxy) is 1. The molecule has 0 saturated heterocycles. The molecule has 2 aromatic rings. The summed E-state index contributed by atoms with van der Waals surface area (Å²) in [6.07, 6.45) is 0. The molecular formula is C14H11BrCl2N2O2. The largest absolute Gasteiger partial charge is 0.483 e. The molecule has 4 nitrogen and oxygen atoms in total. The fourth-order valence-corrected chi connectivity index (χ4v) is 2.53. The number of nitrogens with one attached hydrogen (secondary N) is 1. The molecular weight excluding hydrogens is 379 g/mol. The van der Waals surface area contributed by atoms with Crippen molar-refractivity contribution >= 4 is 56.4 Å². The quantitative estimate of drug-likeness (QED) is 0.763. The van der Waals surface area contributed by atoms with Gasteiger partial charge in [0.05, 0.1) is 15.8 Å². The molecule has 0 saturated carbocycles. The van der Waals surface area contributed by atoms with Crippen LogP contribution in [0.2, 0.25) is 10.0 Å². The van der Waals surface area contributed by atoms with Gasteiger partial charge in [-0.25, -0.2) is 0 Å². The second kappa shape index (κ2) is 7.02. The maximum absolute atomic E-state index is 11.9. The van der Waals surface area contributed by atoms with Crippen LogP contribution in [0.5, 0.6) is 5.75 Å². The van der Waals surface area contributed by atoms with Crippen molar-refractivity contribution in [3.8, 4) is 5.75 Å². The van der Waals surface area contributed by atoms with Crippen LogP contribution in [0.25, 0.3) is 0 Å². The van der Waals surface area contributed by atoms with Crippen LogP contribution in [-0.2, 0) is 4.79 Å². The van der Waals surface area contributed by atoms with E-state index in [1.165, 1.54) is 0 Å². The molecule has 7 heteroatoms. The lowest BCUT2D eigenvalue weighted by atomic mass is 10.2. The van der Waals surface area contributed by atoms with E-state index in [1.807, 2.05) is 0 Å². The lowest BCUT2D eigenvalue weighted by Gasteiger charge is -2.10. The first-order chi connectivity index (χ1) is 9.95. The van der Waals surface area contributed by atoms with Crippen LogP contribution in [0.15, 0.2) is 40.9 Å².